The van der Waals surface area contributed by atoms with Crippen LogP contribution in [0.15, 0.2) is 16.5 Å². The Morgan fingerprint density at radius 2 is 2.33 bits per heavy atom. The van der Waals surface area contributed by atoms with Gasteiger partial charge in [0, 0.05) is 13.0 Å². The number of hydrogen-bond donors (Lipinski definition) is 1. The Bertz CT molecular complexity index is 684. The van der Waals surface area contributed by atoms with Crippen LogP contribution < -0.4 is 5.32 Å². The molecule has 2 aromatic heterocycles. The van der Waals surface area contributed by atoms with Crippen LogP contribution in [0.5, 0.6) is 0 Å². The summed E-state index contributed by atoms with van der Waals surface area (Å²) in [5.74, 6) is 1.59. The highest BCUT2D eigenvalue weighted by molar-refractivity contribution is 7.15. The van der Waals surface area contributed by atoms with Gasteiger partial charge in [0.25, 0.3) is 0 Å². The third-order valence-electron chi connectivity index (χ3n) is 3.86. The Hall–Kier alpha value is -1.93. The number of carbonyl (C=O) groups excluding carboxylic acids is 1. The largest absolute Gasteiger partial charge is 0.464 e. The first-order chi connectivity index (χ1) is 11.7. The van der Waals surface area contributed by atoms with Gasteiger partial charge in [0.05, 0.1) is 13.2 Å². The van der Waals surface area contributed by atoms with Crippen molar-refractivity contribution >= 4 is 22.5 Å². The summed E-state index contributed by atoms with van der Waals surface area (Å²) in [4.78, 5) is 14.2. The molecule has 0 radical (unpaired) electrons. The van der Waals surface area contributed by atoms with E-state index in [4.69, 9.17) is 9.15 Å². The molecule has 1 aliphatic heterocycles. The summed E-state index contributed by atoms with van der Waals surface area (Å²) in [6, 6.07) is 3.62. The molecule has 1 fully saturated rings. The van der Waals surface area contributed by atoms with Crippen LogP contribution in [-0.4, -0.2) is 40.8 Å². The fourth-order valence-corrected chi connectivity index (χ4v) is 3.31. The molecule has 130 valence electrons. The fraction of sp³-hybridized carbons (Fsp3) is 0.562. The van der Waals surface area contributed by atoms with Gasteiger partial charge >= 0.3 is 6.03 Å². The van der Waals surface area contributed by atoms with Gasteiger partial charge in [-0.1, -0.05) is 24.7 Å². The summed E-state index contributed by atoms with van der Waals surface area (Å²) < 4.78 is 11.3. The molecule has 1 saturated heterocycles. The highest BCUT2D eigenvalue weighted by Gasteiger charge is 2.27. The van der Waals surface area contributed by atoms with E-state index < -0.39 is 0 Å². The first-order valence-electron chi connectivity index (χ1n) is 8.22. The first kappa shape index (κ1) is 16.9. The van der Waals surface area contributed by atoms with Crippen LogP contribution in [-0.2, 0) is 11.2 Å². The van der Waals surface area contributed by atoms with Crippen molar-refractivity contribution in [1.82, 2.24) is 15.1 Å². The van der Waals surface area contributed by atoms with Gasteiger partial charge in [-0.2, -0.15) is 0 Å². The number of morpholine rings is 1. The molecule has 7 nitrogen and oxygen atoms in total. The molecule has 1 aliphatic rings. The molecule has 0 aromatic carbocycles. The van der Waals surface area contributed by atoms with Gasteiger partial charge in [-0.25, -0.2) is 4.79 Å². The fourth-order valence-electron chi connectivity index (χ4n) is 2.54. The predicted octanol–water partition coefficient (Wildman–Crippen LogP) is 3.39. The smallest absolute Gasteiger partial charge is 0.323 e. The molecule has 24 heavy (non-hydrogen) atoms. The maximum Gasteiger partial charge on any atom is 0.323 e. The number of unbranched alkanes of at least 4 members (excludes halogenated alkanes) is 1. The van der Waals surface area contributed by atoms with Gasteiger partial charge in [-0.15, -0.1) is 10.2 Å². The second-order valence-corrected chi connectivity index (χ2v) is 6.85. The van der Waals surface area contributed by atoms with Gasteiger partial charge in [0.2, 0.25) is 5.13 Å². The van der Waals surface area contributed by atoms with Crippen LogP contribution in [0.25, 0.3) is 0 Å². The lowest BCUT2D eigenvalue weighted by Crippen LogP contribution is -2.44. The highest BCUT2D eigenvalue weighted by Crippen LogP contribution is 2.25. The van der Waals surface area contributed by atoms with Crippen LogP contribution in [0.3, 0.4) is 0 Å². The molecule has 0 saturated carbocycles. The number of furan rings is 1. The average Bonchev–Trinajstić information content (AvgIpc) is 3.22. The van der Waals surface area contributed by atoms with Crippen molar-refractivity contribution in [3.05, 3.63) is 28.7 Å². The lowest BCUT2D eigenvalue weighted by molar-refractivity contribution is -0.0246. The second kappa shape index (κ2) is 7.76. The SMILES string of the molecule is CCCCc1nnc(NC(=O)N2CCOC(c3ccc(C)o3)C2)s1. The number of hydrogen-bond acceptors (Lipinski definition) is 6. The first-order valence-corrected chi connectivity index (χ1v) is 9.03. The molecule has 1 N–H and O–H groups in total. The summed E-state index contributed by atoms with van der Waals surface area (Å²) in [6.07, 6.45) is 2.87. The monoisotopic (exact) mass is 350 g/mol. The van der Waals surface area contributed by atoms with Crippen molar-refractivity contribution in [3.8, 4) is 0 Å². The number of ether oxygens (including phenoxy) is 1. The van der Waals surface area contributed by atoms with Crippen LogP contribution in [0, 0.1) is 6.92 Å². The molecular formula is C16H22N4O3S. The van der Waals surface area contributed by atoms with E-state index in [0.717, 1.165) is 35.8 Å². The number of nitrogens with zero attached hydrogens (tertiary/aromatic N) is 3. The summed E-state index contributed by atoms with van der Waals surface area (Å²) in [5, 5.41) is 12.5. The number of aromatic nitrogens is 2. The molecule has 2 amide bonds. The van der Waals surface area contributed by atoms with E-state index in [-0.39, 0.29) is 12.1 Å². The Labute approximate surface area is 145 Å². The number of amides is 2. The standard InChI is InChI=1S/C16H22N4O3S/c1-3-4-5-14-18-19-15(24-14)17-16(21)20-8-9-22-13(10-20)12-7-6-11(2)23-12/h6-7,13H,3-5,8-10H2,1-2H3,(H,17,19,21). The van der Waals surface area contributed by atoms with Crippen molar-refractivity contribution in [2.75, 3.05) is 25.0 Å². The minimum atomic E-state index is -0.229. The van der Waals surface area contributed by atoms with Crippen molar-refractivity contribution in [2.24, 2.45) is 0 Å². The Kier molecular flexibility index (Phi) is 5.47. The minimum Gasteiger partial charge on any atom is -0.464 e. The molecule has 0 bridgehead atoms. The van der Waals surface area contributed by atoms with Gasteiger partial charge in [0.15, 0.2) is 0 Å². The lowest BCUT2D eigenvalue weighted by Gasteiger charge is -2.31. The Morgan fingerprint density at radius 1 is 1.46 bits per heavy atom. The number of nitrogens with one attached hydrogen (secondary N) is 1. The van der Waals surface area contributed by atoms with Crippen molar-refractivity contribution in [2.45, 2.75) is 39.2 Å². The number of rotatable bonds is 5. The third-order valence-corrected chi connectivity index (χ3v) is 4.76. The molecule has 0 spiro atoms. The molecule has 1 unspecified atom stereocenters. The van der Waals surface area contributed by atoms with Gasteiger partial charge in [0.1, 0.15) is 22.6 Å². The Balaban J connectivity index is 1.57. The lowest BCUT2D eigenvalue weighted by atomic mass is 10.2. The van der Waals surface area contributed by atoms with Crippen LogP contribution >= 0.6 is 11.3 Å². The summed E-state index contributed by atoms with van der Waals surface area (Å²) in [7, 11) is 0. The van der Waals surface area contributed by atoms with Crippen LogP contribution in [0.2, 0.25) is 0 Å². The van der Waals surface area contributed by atoms with Gasteiger partial charge < -0.3 is 14.1 Å². The predicted molar refractivity (Wildman–Crippen MR) is 91.3 cm³/mol. The third kappa shape index (κ3) is 4.12. The van der Waals surface area contributed by atoms with E-state index in [9.17, 15) is 4.79 Å². The topological polar surface area (TPSA) is 80.5 Å². The van der Waals surface area contributed by atoms with Crippen LogP contribution in [0.1, 0.15) is 42.4 Å². The van der Waals surface area contributed by atoms with Crippen molar-refractivity contribution in [3.63, 3.8) is 0 Å². The minimum absolute atomic E-state index is 0.176. The van der Waals surface area contributed by atoms with E-state index in [0.29, 0.717) is 24.8 Å². The zero-order valence-electron chi connectivity index (χ0n) is 13.9. The number of anilines is 1. The van der Waals surface area contributed by atoms with Crippen molar-refractivity contribution < 1.29 is 13.9 Å². The van der Waals surface area contributed by atoms with E-state index in [2.05, 4.69) is 22.4 Å². The maximum atomic E-state index is 12.4. The normalized spacial score (nSPS) is 17.9. The van der Waals surface area contributed by atoms with E-state index >= 15 is 0 Å². The summed E-state index contributed by atoms with van der Waals surface area (Å²) in [5.41, 5.74) is 0. The van der Waals surface area contributed by atoms with E-state index in [1.807, 2.05) is 19.1 Å². The van der Waals surface area contributed by atoms with E-state index in [1.54, 1.807) is 4.90 Å². The van der Waals surface area contributed by atoms with Crippen LogP contribution in [0.4, 0.5) is 9.93 Å². The molecule has 3 rings (SSSR count). The molecular weight excluding hydrogens is 328 g/mol. The van der Waals surface area contributed by atoms with Gasteiger partial charge in [-0.05, 0) is 25.5 Å². The quantitative estimate of drug-likeness (QED) is 0.894. The van der Waals surface area contributed by atoms with Gasteiger partial charge in [-0.3, -0.25) is 5.32 Å². The second-order valence-electron chi connectivity index (χ2n) is 5.79. The molecule has 1 atom stereocenters. The van der Waals surface area contributed by atoms with Crippen molar-refractivity contribution in [1.29, 1.82) is 0 Å². The molecule has 8 heteroatoms. The Morgan fingerprint density at radius 3 is 3.08 bits per heavy atom. The average molecular weight is 350 g/mol. The summed E-state index contributed by atoms with van der Waals surface area (Å²) in [6.45, 7) is 5.51. The number of urea groups is 1. The zero-order chi connectivity index (χ0) is 16.9. The molecule has 2 aromatic rings. The molecule has 3 heterocycles. The number of carbonyl (C=O) groups is 1. The molecule has 0 aliphatic carbocycles. The van der Waals surface area contributed by atoms with E-state index in [1.165, 1.54) is 11.3 Å². The summed E-state index contributed by atoms with van der Waals surface area (Å²) >= 11 is 1.44. The maximum absolute atomic E-state index is 12.4. The number of aryl methyl sites for hydroxylation is 2. The highest BCUT2D eigenvalue weighted by atomic mass is 32.1. The zero-order valence-corrected chi connectivity index (χ0v) is 14.8.